The summed E-state index contributed by atoms with van der Waals surface area (Å²) in [4.78, 5) is 25.1. The minimum absolute atomic E-state index is 0.399. The van der Waals surface area contributed by atoms with Crippen LogP contribution >= 0.6 is 0 Å². The standard InChI is InChI=1S/C8H13NO4/c1-3-4-5-6(2)7(10)13-9-8(11)12/h5,9H,3-4H2,1-2H3,(H,11,12). The first kappa shape index (κ1) is 11.5. The monoisotopic (exact) mass is 187 g/mol. The zero-order valence-electron chi connectivity index (χ0n) is 7.66. The molecule has 0 saturated carbocycles. The van der Waals surface area contributed by atoms with Gasteiger partial charge >= 0.3 is 12.1 Å². The Labute approximate surface area is 76.3 Å². The van der Waals surface area contributed by atoms with Crippen LogP contribution in [0.4, 0.5) is 4.79 Å². The van der Waals surface area contributed by atoms with Crippen molar-refractivity contribution in [3.05, 3.63) is 11.6 Å². The fraction of sp³-hybridized carbons (Fsp3) is 0.500. The van der Waals surface area contributed by atoms with Crippen LogP contribution in [0.3, 0.4) is 0 Å². The van der Waals surface area contributed by atoms with E-state index in [-0.39, 0.29) is 0 Å². The lowest BCUT2D eigenvalue weighted by Crippen LogP contribution is -2.25. The van der Waals surface area contributed by atoms with Crippen molar-refractivity contribution < 1.29 is 19.5 Å². The Hall–Kier alpha value is -1.52. The van der Waals surface area contributed by atoms with Crippen LogP contribution in [-0.4, -0.2) is 17.2 Å². The molecular weight excluding hydrogens is 174 g/mol. The highest BCUT2D eigenvalue weighted by Crippen LogP contribution is 1.99. The molecule has 5 heteroatoms. The second-order valence-corrected chi connectivity index (χ2v) is 2.47. The SMILES string of the molecule is CCCC=C(C)C(=O)ONC(=O)O. The number of amides is 1. The van der Waals surface area contributed by atoms with Crippen LogP contribution < -0.4 is 5.48 Å². The predicted octanol–water partition coefficient (Wildman–Crippen LogP) is 1.46. The van der Waals surface area contributed by atoms with Crippen LogP contribution in [0, 0.1) is 0 Å². The van der Waals surface area contributed by atoms with E-state index >= 15 is 0 Å². The highest BCUT2D eigenvalue weighted by Gasteiger charge is 2.06. The molecule has 0 aromatic rings. The highest BCUT2D eigenvalue weighted by molar-refractivity contribution is 5.88. The Morgan fingerprint density at radius 3 is 2.62 bits per heavy atom. The number of nitrogens with one attached hydrogen (secondary N) is 1. The molecular formula is C8H13NO4. The van der Waals surface area contributed by atoms with E-state index in [0.29, 0.717) is 5.57 Å². The van der Waals surface area contributed by atoms with E-state index in [1.807, 2.05) is 6.92 Å². The van der Waals surface area contributed by atoms with E-state index in [9.17, 15) is 9.59 Å². The van der Waals surface area contributed by atoms with Crippen LogP contribution in [0.15, 0.2) is 11.6 Å². The van der Waals surface area contributed by atoms with Gasteiger partial charge in [-0.15, -0.1) is 5.48 Å². The van der Waals surface area contributed by atoms with E-state index in [1.54, 1.807) is 13.0 Å². The predicted molar refractivity (Wildman–Crippen MR) is 45.9 cm³/mol. The zero-order valence-corrected chi connectivity index (χ0v) is 7.66. The van der Waals surface area contributed by atoms with Crippen molar-refractivity contribution in [3.8, 4) is 0 Å². The number of allylic oxidation sites excluding steroid dienone is 1. The highest BCUT2D eigenvalue weighted by atomic mass is 16.7. The number of hydroxylamine groups is 1. The lowest BCUT2D eigenvalue weighted by Gasteiger charge is -2.01. The van der Waals surface area contributed by atoms with Crippen LogP contribution in [0.2, 0.25) is 0 Å². The summed E-state index contributed by atoms with van der Waals surface area (Å²) in [7, 11) is 0. The molecule has 0 radical (unpaired) electrons. The molecule has 0 bridgehead atoms. The Morgan fingerprint density at radius 1 is 1.54 bits per heavy atom. The number of rotatable bonds is 3. The minimum Gasteiger partial charge on any atom is -0.463 e. The molecule has 0 aliphatic carbocycles. The summed E-state index contributed by atoms with van der Waals surface area (Å²) in [6, 6.07) is 0. The van der Waals surface area contributed by atoms with E-state index in [4.69, 9.17) is 5.11 Å². The Bertz CT molecular complexity index is 222. The van der Waals surface area contributed by atoms with Gasteiger partial charge in [-0.05, 0) is 13.3 Å². The maximum absolute atomic E-state index is 10.9. The number of carboxylic acid groups (broad SMARTS) is 1. The third-order valence-electron chi connectivity index (χ3n) is 1.29. The normalized spacial score (nSPS) is 10.8. The molecule has 0 aromatic heterocycles. The molecule has 0 atom stereocenters. The molecule has 0 aliphatic rings. The molecule has 0 unspecified atom stereocenters. The van der Waals surface area contributed by atoms with Crippen LogP contribution in [-0.2, 0) is 9.63 Å². The summed E-state index contributed by atoms with van der Waals surface area (Å²) in [5.41, 5.74) is 1.93. The smallest absolute Gasteiger partial charge is 0.438 e. The average molecular weight is 187 g/mol. The molecule has 74 valence electrons. The van der Waals surface area contributed by atoms with Gasteiger partial charge in [-0.2, -0.15) is 0 Å². The summed E-state index contributed by atoms with van der Waals surface area (Å²) in [6.07, 6.45) is 2.01. The lowest BCUT2D eigenvalue weighted by molar-refractivity contribution is -0.144. The maximum atomic E-state index is 10.9. The van der Waals surface area contributed by atoms with E-state index in [0.717, 1.165) is 12.8 Å². The molecule has 0 aliphatic heterocycles. The number of hydrogen-bond acceptors (Lipinski definition) is 3. The summed E-state index contributed by atoms with van der Waals surface area (Å²) in [5, 5.41) is 8.11. The van der Waals surface area contributed by atoms with Crippen LogP contribution in [0.5, 0.6) is 0 Å². The van der Waals surface area contributed by atoms with Gasteiger partial charge in [0.2, 0.25) is 0 Å². The number of carbonyl (C=O) groups is 2. The molecule has 0 heterocycles. The number of unbranched alkanes of at least 4 members (excludes halogenated alkanes) is 1. The first-order valence-corrected chi connectivity index (χ1v) is 3.94. The first-order chi connectivity index (χ1) is 6.07. The van der Waals surface area contributed by atoms with Crippen molar-refractivity contribution in [1.82, 2.24) is 5.48 Å². The summed E-state index contributed by atoms with van der Waals surface area (Å²) < 4.78 is 0. The maximum Gasteiger partial charge on any atom is 0.438 e. The van der Waals surface area contributed by atoms with Gasteiger partial charge in [-0.3, -0.25) is 0 Å². The third kappa shape index (κ3) is 5.72. The fourth-order valence-electron chi connectivity index (χ4n) is 0.615. The molecule has 5 nitrogen and oxygen atoms in total. The van der Waals surface area contributed by atoms with Gasteiger partial charge in [-0.25, -0.2) is 9.59 Å². The van der Waals surface area contributed by atoms with Crippen molar-refractivity contribution in [2.75, 3.05) is 0 Å². The quantitative estimate of drug-likeness (QED) is 0.518. The van der Waals surface area contributed by atoms with E-state index in [2.05, 4.69) is 4.84 Å². The van der Waals surface area contributed by atoms with Gasteiger partial charge in [0.05, 0.1) is 0 Å². The van der Waals surface area contributed by atoms with Crippen molar-refractivity contribution in [2.45, 2.75) is 26.7 Å². The summed E-state index contributed by atoms with van der Waals surface area (Å²) >= 11 is 0. The van der Waals surface area contributed by atoms with Gasteiger partial charge in [0.1, 0.15) is 0 Å². The topological polar surface area (TPSA) is 75.6 Å². The van der Waals surface area contributed by atoms with Crippen LogP contribution in [0.1, 0.15) is 26.7 Å². The Morgan fingerprint density at radius 2 is 2.15 bits per heavy atom. The molecule has 0 fully saturated rings. The minimum atomic E-state index is -1.39. The lowest BCUT2D eigenvalue weighted by atomic mass is 10.2. The zero-order chi connectivity index (χ0) is 10.3. The van der Waals surface area contributed by atoms with Gasteiger partial charge in [0.25, 0.3) is 0 Å². The third-order valence-corrected chi connectivity index (χ3v) is 1.29. The molecule has 13 heavy (non-hydrogen) atoms. The van der Waals surface area contributed by atoms with E-state index < -0.39 is 12.1 Å². The first-order valence-electron chi connectivity index (χ1n) is 3.94. The molecule has 0 saturated heterocycles. The molecule has 0 rings (SSSR count). The Kier molecular flexibility index (Phi) is 5.34. The second kappa shape index (κ2) is 6.05. The summed E-state index contributed by atoms with van der Waals surface area (Å²) in [5.74, 6) is -0.671. The molecule has 0 spiro atoms. The van der Waals surface area contributed by atoms with Crippen LogP contribution in [0.25, 0.3) is 0 Å². The van der Waals surface area contributed by atoms with Crippen molar-refractivity contribution in [1.29, 1.82) is 0 Å². The number of carbonyl (C=O) groups excluding carboxylic acids is 1. The molecule has 0 aromatic carbocycles. The van der Waals surface area contributed by atoms with Gasteiger partial charge < -0.3 is 9.94 Å². The Balaban J connectivity index is 3.89. The second-order valence-electron chi connectivity index (χ2n) is 2.47. The van der Waals surface area contributed by atoms with E-state index in [1.165, 1.54) is 5.48 Å². The van der Waals surface area contributed by atoms with Crippen molar-refractivity contribution in [3.63, 3.8) is 0 Å². The van der Waals surface area contributed by atoms with Crippen molar-refractivity contribution >= 4 is 12.1 Å². The van der Waals surface area contributed by atoms with Gasteiger partial charge in [-0.1, -0.05) is 19.4 Å². The number of hydrogen-bond donors (Lipinski definition) is 2. The fourth-order valence-corrected chi connectivity index (χ4v) is 0.615. The molecule has 2 N–H and O–H groups in total. The molecule has 1 amide bonds. The van der Waals surface area contributed by atoms with Crippen molar-refractivity contribution in [2.24, 2.45) is 0 Å². The summed E-state index contributed by atoms with van der Waals surface area (Å²) in [6.45, 7) is 3.55. The average Bonchev–Trinajstić information content (AvgIpc) is 2.10. The largest absolute Gasteiger partial charge is 0.463 e. The van der Waals surface area contributed by atoms with Gasteiger partial charge in [0, 0.05) is 5.57 Å². The van der Waals surface area contributed by atoms with Gasteiger partial charge in [0.15, 0.2) is 0 Å².